The van der Waals surface area contributed by atoms with Crippen LogP contribution in [0.4, 0.5) is 0 Å². The zero-order valence-corrected chi connectivity index (χ0v) is 4.74. The van der Waals surface area contributed by atoms with Gasteiger partial charge in [-0.3, -0.25) is 4.99 Å². The van der Waals surface area contributed by atoms with Gasteiger partial charge < -0.3 is 9.76 Å². The minimum absolute atomic E-state index is 0.331. The highest BCUT2D eigenvalue weighted by atomic mass is 16.4. The zero-order chi connectivity index (χ0) is 6.41. The minimum Gasteiger partial charge on any atom is -0.560 e. The Morgan fingerprint density at radius 3 is 3.00 bits per heavy atom. The van der Waals surface area contributed by atoms with Gasteiger partial charge in [-0.25, -0.2) is 0 Å². The van der Waals surface area contributed by atoms with Crippen LogP contribution >= 0.6 is 0 Å². The van der Waals surface area contributed by atoms with Crippen molar-refractivity contribution in [3.8, 4) is 0 Å². The lowest BCUT2D eigenvalue weighted by Crippen LogP contribution is -2.03. The van der Waals surface area contributed by atoms with Gasteiger partial charge in [-0.1, -0.05) is 0 Å². The molecule has 0 bridgehead atoms. The van der Waals surface area contributed by atoms with Gasteiger partial charge in [0.15, 0.2) is 0 Å². The van der Waals surface area contributed by atoms with Crippen LogP contribution < -0.4 is 0 Å². The lowest BCUT2D eigenvalue weighted by atomic mass is 10.4. The largest absolute Gasteiger partial charge is 0.560 e. The summed E-state index contributed by atoms with van der Waals surface area (Å²) in [6, 6.07) is 0. The van der Waals surface area contributed by atoms with Crippen LogP contribution in [-0.4, -0.2) is 32.2 Å². The van der Waals surface area contributed by atoms with Gasteiger partial charge in [-0.15, -0.1) is 0 Å². The standard InChI is InChI=1S/C4H8BNO2/c1-4(7)2-6-3-8-5/h3-4,7H,2H2,1H3/t4-/m1/s1. The highest BCUT2D eigenvalue weighted by Gasteiger charge is 1.87. The first-order valence-electron chi connectivity index (χ1n) is 2.29. The number of hydrogen-bond donors (Lipinski definition) is 1. The number of rotatable bonds is 3. The molecule has 0 saturated heterocycles. The van der Waals surface area contributed by atoms with Crippen LogP contribution in [0.5, 0.6) is 0 Å². The summed E-state index contributed by atoms with van der Waals surface area (Å²) < 4.78 is 3.99. The molecule has 2 radical (unpaired) electrons. The predicted molar refractivity (Wildman–Crippen MR) is 31.9 cm³/mol. The Labute approximate surface area is 49.8 Å². The molecule has 0 fully saturated rings. The fourth-order valence-electron chi connectivity index (χ4n) is 0.239. The molecule has 0 saturated carbocycles. The summed E-state index contributed by atoms with van der Waals surface area (Å²) in [7, 11) is 4.58. The van der Waals surface area contributed by atoms with Crippen LogP contribution in [0.15, 0.2) is 4.99 Å². The fourth-order valence-corrected chi connectivity index (χ4v) is 0.239. The van der Waals surface area contributed by atoms with E-state index < -0.39 is 6.10 Å². The maximum Gasteiger partial charge on any atom is 0.375 e. The monoisotopic (exact) mass is 113 g/mol. The Hall–Kier alpha value is -0.505. The van der Waals surface area contributed by atoms with Gasteiger partial charge in [-0.05, 0) is 6.92 Å². The molecular formula is C4H8BNO2. The first kappa shape index (κ1) is 7.49. The maximum atomic E-state index is 8.57. The molecule has 0 amide bonds. The topological polar surface area (TPSA) is 41.8 Å². The Balaban J connectivity index is 3.03. The molecule has 1 atom stereocenters. The molecule has 0 aromatic heterocycles. The van der Waals surface area contributed by atoms with E-state index in [1.165, 1.54) is 0 Å². The molecule has 0 heterocycles. The third kappa shape index (κ3) is 5.49. The van der Waals surface area contributed by atoms with E-state index >= 15 is 0 Å². The molecule has 44 valence electrons. The van der Waals surface area contributed by atoms with Crippen LogP contribution in [-0.2, 0) is 4.65 Å². The highest BCUT2D eigenvalue weighted by molar-refractivity contribution is 6.02. The average Bonchev–Trinajstić information content (AvgIpc) is 1.66. The lowest BCUT2D eigenvalue weighted by molar-refractivity contribution is 0.203. The fraction of sp³-hybridized carbons (Fsp3) is 0.750. The molecule has 4 heteroatoms. The van der Waals surface area contributed by atoms with Crippen molar-refractivity contribution in [2.45, 2.75) is 13.0 Å². The van der Waals surface area contributed by atoms with E-state index in [1.54, 1.807) is 6.92 Å². The summed E-state index contributed by atoms with van der Waals surface area (Å²) in [6.07, 6.45) is 0.661. The number of aliphatic hydroxyl groups excluding tert-OH is 1. The summed E-state index contributed by atoms with van der Waals surface area (Å²) in [5.74, 6) is 0. The van der Waals surface area contributed by atoms with Gasteiger partial charge in [0.2, 0.25) is 0 Å². The molecule has 0 rings (SSSR count). The van der Waals surface area contributed by atoms with Crippen molar-refractivity contribution in [3.63, 3.8) is 0 Å². The quantitative estimate of drug-likeness (QED) is 0.304. The molecule has 0 aliphatic carbocycles. The first-order valence-corrected chi connectivity index (χ1v) is 2.29. The van der Waals surface area contributed by atoms with Gasteiger partial charge in [0.25, 0.3) is 0 Å². The predicted octanol–water partition coefficient (Wildman–Crippen LogP) is -0.504. The van der Waals surface area contributed by atoms with Crippen molar-refractivity contribution in [1.29, 1.82) is 0 Å². The third-order valence-corrected chi connectivity index (χ3v) is 0.505. The maximum absolute atomic E-state index is 8.57. The third-order valence-electron chi connectivity index (χ3n) is 0.505. The average molecular weight is 113 g/mol. The number of aliphatic imine (C=N–C) groups is 1. The van der Waals surface area contributed by atoms with Crippen molar-refractivity contribution in [2.75, 3.05) is 6.54 Å². The van der Waals surface area contributed by atoms with Gasteiger partial charge in [0, 0.05) is 0 Å². The second-order valence-electron chi connectivity index (χ2n) is 1.46. The van der Waals surface area contributed by atoms with E-state index in [1.807, 2.05) is 0 Å². The van der Waals surface area contributed by atoms with Crippen LogP contribution in [0, 0.1) is 0 Å². The van der Waals surface area contributed by atoms with Gasteiger partial charge in [0.1, 0.15) is 6.40 Å². The zero-order valence-electron chi connectivity index (χ0n) is 4.74. The summed E-state index contributed by atoms with van der Waals surface area (Å²) in [6.45, 7) is 1.96. The molecule has 8 heavy (non-hydrogen) atoms. The van der Waals surface area contributed by atoms with Gasteiger partial charge in [-0.2, -0.15) is 0 Å². The van der Waals surface area contributed by atoms with Crippen molar-refractivity contribution in [1.82, 2.24) is 0 Å². The molecule has 3 nitrogen and oxygen atoms in total. The summed E-state index contributed by atoms with van der Waals surface area (Å²) in [4.78, 5) is 3.57. The van der Waals surface area contributed by atoms with Gasteiger partial charge in [0.05, 0.1) is 12.6 Å². The molecule has 1 N–H and O–H groups in total. The smallest absolute Gasteiger partial charge is 0.375 e. The molecule has 0 aliphatic rings. The van der Waals surface area contributed by atoms with Crippen LogP contribution in [0.3, 0.4) is 0 Å². The first-order chi connectivity index (χ1) is 3.77. The highest BCUT2D eigenvalue weighted by Crippen LogP contribution is 1.77. The Morgan fingerprint density at radius 1 is 2.00 bits per heavy atom. The molecule has 0 spiro atoms. The Kier molecular flexibility index (Phi) is 4.36. The number of aliphatic hydroxyl groups is 1. The lowest BCUT2D eigenvalue weighted by Gasteiger charge is -1.94. The second-order valence-corrected chi connectivity index (χ2v) is 1.46. The SMILES string of the molecule is [B]OC=NC[C@@H](C)O. The second kappa shape index (κ2) is 4.65. The summed E-state index contributed by atoms with van der Waals surface area (Å²) >= 11 is 0. The molecular weight excluding hydrogens is 105 g/mol. The van der Waals surface area contributed by atoms with Gasteiger partial charge >= 0.3 is 8.05 Å². The van der Waals surface area contributed by atoms with Crippen LogP contribution in [0.25, 0.3) is 0 Å². The van der Waals surface area contributed by atoms with Crippen LogP contribution in [0.1, 0.15) is 6.92 Å². The van der Waals surface area contributed by atoms with E-state index in [4.69, 9.17) is 5.11 Å². The van der Waals surface area contributed by atoms with E-state index in [2.05, 4.69) is 17.7 Å². The number of hydrogen-bond acceptors (Lipinski definition) is 3. The molecule has 0 aliphatic heterocycles. The molecule has 0 aromatic rings. The summed E-state index contributed by atoms with van der Waals surface area (Å²) in [5, 5.41) is 8.57. The Bertz CT molecular complexity index is 74.4. The molecule has 0 unspecified atom stereocenters. The van der Waals surface area contributed by atoms with Crippen molar-refractivity contribution in [2.24, 2.45) is 4.99 Å². The van der Waals surface area contributed by atoms with Crippen LogP contribution in [0.2, 0.25) is 0 Å². The Morgan fingerprint density at radius 2 is 2.62 bits per heavy atom. The van der Waals surface area contributed by atoms with Crippen molar-refractivity contribution >= 4 is 14.4 Å². The normalized spacial score (nSPS) is 14.2. The van der Waals surface area contributed by atoms with E-state index in [-0.39, 0.29) is 0 Å². The van der Waals surface area contributed by atoms with Crippen molar-refractivity contribution in [3.05, 3.63) is 0 Å². The van der Waals surface area contributed by atoms with E-state index in [0.29, 0.717) is 6.54 Å². The number of nitrogens with zero attached hydrogens (tertiary/aromatic N) is 1. The summed E-state index contributed by atoms with van der Waals surface area (Å²) in [5.41, 5.74) is 0. The van der Waals surface area contributed by atoms with E-state index in [9.17, 15) is 0 Å². The minimum atomic E-state index is -0.429. The van der Waals surface area contributed by atoms with Crippen molar-refractivity contribution < 1.29 is 9.76 Å². The van der Waals surface area contributed by atoms with E-state index in [0.717, 1.165) is 6.40 Å². The molecule has 0 aromatic carbocycles.